The van der Waals surface area contributed by atoms with Crippen molar-refractivity contribution in [3.63, 3.8) is 0 Å². The predicted octanol–water partition coefficient (Wildman–Crippen LogP) is 2.92. The van der Waals surface area contributed by atoms with E-state index in [0.29, 0.717) is 6.10 Å². The van der Waals surface area contributed by atoms with Crippen LogP contribution in [0.5, 0.6) is 0 Å². The van der Waals surface area contributed by atoms with Gasteiger partial charge in [-0.25, -0.2) is 0 Å². The molecule has 0 aromatic heterocycles. The van der Waals surface area contributed by atoms with E-state index in [9.17, 15) is 0 Å². The molecule has 0 amide bonds. The molecule has 1 heterocycles. The van der Waals surface area contributed by atoms with Crippen LogP contribution in [0.2, 0.25) is 0 Å². The Morgan fingerprint density at radius 3 is 2.28 bits per heavy atom. The first kappa shape index (κ1) is 11.5. The van der Waals surface area contributed by atoms with Gasteiger partial charge in [-0.2, -0.15) is 0 Å². The Morgan fingerprint density at radius 2 is 1.56 bits per heavy atom. The summed E-state index contributed by atoms with van der Waals surface area (Å²) in [5.41, 5.74) is 2.60. The van der Waals surface area contributed by atoms with Crippen molar-refractivity contribution < 1.29 is 4.74 Å². The lowest BCUT2D eigenvalue weighted by Crippen LogP contribution is -2.19. The summed E-state index contributed by atoms with van der Waals surface area (Å²) in [4.78, 5) is 0. The van der Waals surface area contributed by atoms with Crippen LogP contribution in [-0.2, 0) is 11.3 Å². The van der Waals surface area contributed by atoms with E-state index in [-0.39, 0.29) is 6.10 Å². The van der Waals surface area contributed by atoms with Gasteiger partial charge in [-0.1, -0.05) is 60.7 Å². The molecular formula is C16H17NO. The molecule has 0 aliphatic carbocycles. The van der Waals surface area contributed by atoms with Gasteiger partial charge in [0, 0.05) is 13.1 Å². The van der Waals surface area contributed by atoms with Crippen LogP contribution in [0.4, 0.5) is 0 Å². The molecule has 3 rings (SSSR count). The Balaban J connectivity index is 1.44. The molecule has 1 aliphatic rings. The van der Waals surface area contributed by atoms with Gasteiger partial charge in [0.05, 0.1) is 0 Å². The lowest BCUT2D eigenvalue weighted by atomic mass is 10.1. The van der Waals surface area contributed by atoms with Gasteiger partial charge in [-0.3, -0.25) is 0 Å². The van der Waals surface area contributed by atoms with Gasteiger partial charge in [0.1, 0.15) is 12.2 Å². The smallest absolute Gasteiger partial charge is 0.110 e. The fourth-order valence-corrected chi connectivity index (χ4v) is 2.19. The minimum absolute atomic E-state index is 0.287. The molecule has 0 radical (unpaired) electrons. The number of rotatable bonds is 5. The molecule has 0 unspecified atom stereocenters. The number of benzene rings is 2. The highest BCUT2D eigenvalue weighted by Crippen LogP contribution is 2.37. The maximum absolute atomic E-state index is 5.68. The summed E-state index contributed by atoms with van der Waals surface area (Å²) in [5, 5.41) is 3.44. The Labute approximate surface area is 108 Å². The summed E-state index contributed by atoms with van der Waals surface area (Å²) in [5.74, 6) is 0. The quantitative estimate of drug-likeness (QED) is 0.811. The number of hydrogen-bond acceptors (Lipinski definition) is 2. The Kier molecular flexibility index (Phi) is 3.40. The summed E-state index contributed by atoms with van der Waals surface area (Å²) < 4.78 is 5.68. The summed E-state index contributed by atoms with van der Waals surface area (Å²) in [6.07, 6.45) is 0.616. The average molecular weight is 239 g/mol. The van der Waals surface area contributed by atoms with Gasteiger partial charge in [-0.15, -0.1) is 0 Å². The van der Waals surface area contributed by atoms with E-state index in [1.807, 2.05) is 12.1 Å². The number of hydrogen-bond donors (Lipinski definition) is 1. The molecule has 2 aromatic rings. The topological polar surface area (TPSA) is 24.6 Å². The standard InChI is InChI=1S/C16H17NO/c1-3-7-13(8-4-1)11-17-12-15-16(18-15)14-9-5-2-6-10-14/h1-10,15-17H,11-12H2/t15-,16+/m0/s1. The molecular weight excluding hydrogens is 222 g/mol. The van der Waals surface area contributed by atoms with E-state index in [0.717, 1.165) is 13.1 Å². The van der Waals surface area contributed by atoms with E-state index in [1.165, 1.54) is 11.1 Å². The third kappa shape index (κ3) is 2.78. The zero-order valence-corrected chi connectivity index (χ0v) is 10.3. The maximum Gasteiger partial charge on any atom is 0.110 e. The highest BCUT2D eigenvalue weighted by molar-refractivity contribution is 5.22. The van der Waals surface area contributed by atoms with Gasteiger partial charge in [0.25, 0.3) is 0 Å². The van der Waals surface area contributed by atoms with Crippen molar-refractivity contribution in [1.29, 1.82) is 0 Å². The zero-order chi connectivity index (χ0) is 12.2. The molecule has 1 N–H and O–H groups in total. The van der Waals surface area contributed by atoms with Gasteiger partial charge < -0.3 is 10.1 Å². The van der Waals surface area contributed by atoms with Crippen LogP contribution >= 0.6 is 0 Å². The van der Waals surface area contributed by atoms with E-state index >= 15 is 0 Å². The second-order valence-corrected chi connectivity index (χ2v) is 4.62. The maximum atomic E-state index is 5.68. The summed E-state index contributed by atoms with van der Waals surface area (Å²) >= 11 is 0. The minimum Gasteiger partial charge on any atom is -0.363 e. The molecule has 1 fully saturated rings. The van der Waals surface area contributed by atoms with E-state index < -0.39 is 0 Å². The molecule has 0 spiro atoms. The highest BCUT2D eigenvalue weighted by atomic mass is 16.6. The SMILES string of the molecule is c1ccc(CNC[C@@H]2O[C@@H]2c2ccccc2)cc1. The van der Waals surface area contributed by atoms with Gasteiger partial charge in [-0.05, 0) is 11.1 Å². The zero-order valence-electron chi connectivity index (χ0n) is 10.3. The lowest BCUT2D eigenvalue weighted by molar-refractivity contribution is 0.366. The average Bonchev–Trinajstić information content (AvgIpc) is 3.21. The second kappa shape index (κ2) is 5.34. The van der Waals surface area contributed by atoms with Crippen molar-refractivity contribution in [2.24, 2.45) is 0 Å². The van der Waals surface area contributed by atoms with E-state index in [1.54, 1.807) is 0 Å². The fourth-order valence-electron chi connectivity index (χ4n) is 2.19. The lowest BCUT2D eigenvalue weighted by Gasteiger charge is -2.02. The van der Waals surface area contributed by atoms with Crippen molar-refractivity contribution in [2.75, 3.05) is 6.54 Å². The second-order valence-electron chi connectivity index (χ2n) is 4.62. The molecule has 2 atom stereocenters. The van der Waals surface area contributed by atoms with Crippen LogP contribution in [0.3, 0.4) is 0 Å². The van der Waals surface area contributed by atoms with Gasteiger partial charge in [0.2, 0.25) is 0 Å². The van der Waals surface area contributed by atoms with Crippen molar-refractivity contribution in [3.8, 4) is 0 Å². The number of nitrogens with one attached hydrogen (secondary N) is 1. The van der Waals surface area contributed by atoms with Crippen LogP contribution in [-0.4, -0.2) is 12.6 Å². The van der Waals surface area contributed by atoms with Crippen LogP contribution in [0.1, 0.15) is 17.2 Å². The van der Waals surface area contributed by atoms with Crippen LogP contribution in [0.25, 0.3) is 0 Å². The minimum atomic E-state index is 0.287. The van der Waals surface area contributed by atoms with Crippen molar-refractivity contribution in [3.05, 3.63) is 71.8 Å². The highest BCUT2D eigenvalue weighted by Gasteiger charge is 2.39. The predicted molar refractivity (Wildman–Crippen MR) is 72.2 cm³/mol. The molecule has 18 heavy (non-hydrogen) atoms. The van der Waals surface area contributed by atoms with Gasteiger partial charge in [0.15, 0.2) is 0 Å². The Hall–Kier alpha value is -1.64. The third-order valence-electron chi connectivity index (χ3n) is 3.23. The molecule has 2 nitrogen and oxygen atoms in total. The number of epoxide rings is 1. The first-order valence-electron chi connectivity index (χ1n) is 6.38. The molecule has 0 saturated carbocycles. The van der Waals surface area contributed by atoms with Crippen molar-refractivity contribution >= 4 is 0 Å². The fraction of sp³-hybridized carbons (Fsp3) is 0.250. The number of ether oxygens (including phenoxy) is 1. The van der Waals surface area contributed by atoms with Crippen LogP contribution in [0.15, 0.2) is 60.7 Å². The Morgan fingerprint density at radius 1 is 0.889 bits per heavy atom. The van der Waals surface area contributed by atoms with Crippen LogP contribution in [0, 0.1) is 0 Å². The van der Waals surface area contributed by atoms with Crippen LogP contribution < -0.4 is 5.32 Å². The molecule has 2 aromatic carbocycles. The molecule has 1 saturated heterocycles. The largest absolute Gasteiger partial charge is 0.363 e. The summed E-state index contributed by atoms with van der Waals surface area (Å²) in [6.45, 7) is 1.82. The first-order valence-corrected chi connectivity index (χ1v) is 6.38. The van der Waals surface area contributed by atoms with E-state index in [2.05, 4.69) is 53.8 Å². The van der Waals surface area contributed by atoms with Gasteiger partial charge >= 0.3 is 0 Å². The summed E-state index contributed by atoms with van der Waals surface area (Å²) in [6, 6.07) is 20.9. The Bertz CT molecular complexity index is 483. The first-order chi connectivity index (χ1) is 8.93. The third-order valence-corrected chi connectivity index (χ3v) is 3.23. The van der Waals surface area contributed by atoms with Crippen molar-refractivity contribution in [2.45, 2.75) is 18.8 Å². The molecule has 1 aliphatic heterocycles. The molecule has 92 valence electrons. The summed E-state index contributed by atoms with van der Waals surface area (Å²) in [7, 11) is 0. The molecule has 2 heteroatoms. The van der Waals surface area contributed by atoms with Crippen molar-refractivity contribution in [1.82, 2.24) is 5.32 Å². The monoisotopic (exact) mass is 239 g/mol. The van der Waals surface area contributed by atoms with E-state index in [4.69, 9.17) is 4.74 Å². The normalized spacial score (nSPS) is 21.8. The molecule has 0 bridgehead atoms.